The first-order valence-corrected chi connectivity index (χ1v) is 33.3. The Hall–Kier alpha value is -9.03. The van der Waals surface area contributed by atoms with E-state index in [9.17, 15) is 38.7 Å². The molecule has 2 aromatic carbocycles. The van der Waals surface area contributed by atoms with Crippen molar-refractivity contribution >= 4 is 88.1 Å². The fraction of sp³-hybridized carbons (Fsp3) is 0.591. The summed E-state index contributed by atoms with van der Waals surface area (Å²) >= 11 is 0. The van der Waals surface area contributed by atoms with E-state index in [1.807, 2.05) is 0 Å². The number of nitrogens with one attached hydrogen (secondary N) is 12. The number of phenolic OH excluding ortho intramolecular Hbond substituents is 1. The van der Waals surface area contributed by atoms with E-state index in [1.165, 1.54) is 47.4 Å². The van der Waals surface area contributed by atoms with Crippen LogP contribution in [0.4, 0.5) is 0 Å². The molecule has 2 aromatic rings. The molecule has 0 radical (unpaired) electrons. The predicted octanol–water partition coefficient (Wildman–Crippen LogP) is -6.49. The van der Waals surface area contributed by atoms with Gasteiger partial charge in [0.05, 0.1) is 77.6 Å². The lowest BCUT2D eigenvalue weighted by atomic mass is 9.71. The highest BCUT2D eigenvalue weighted by atomic mass is 16.5. The van der Waals surface area contributed by atoms with Gasteiger partial charge in [-0.1, -0.05) is 56.3 Å². The van der Waals surface area contributed by atoms with Crippen LogP contribution in [-0.4, -0.2) is 265 Å². The van der Waals surface area contributed by atoms with E-state index in [-0.39, 0.29) is 100 Å². The van der Waals surface area contributed by atoms with Crippen LogP contribution in [0.15, 0.2) is 54.6 Å². The number of ketones is 5. The van der Waals surface area contributed by atoms with Crippen LogP contribution in [0, 0.1) is 5.92 Å². The molecule has 0 unspecified atom stereocenters. The summed E-state index contributed by atoms with van der Waals surface area (Å²) in [5.74, 6) is -17.8. The number of nitrogens with zero attached hydrogens (tertiary/aromatic N) is 2. The lowest BCUT2D eigenvalue weighted by Crippen LogP contribution is -2.83. The van der Waals surface area contributed by atoms with Crippen molar-refractivity contribution in [2.45, 2.75) is 132 Å². The second-order valence-corrected chi connectivity index (χ2v) is 24.5. The Kier molecular flexibility index (Phi) is 37.0. The lowest BCUT2D eigenvalue weighted by Gasteiger charge is -2.50. The molecule has 1 saturated heterocycles. The Morgan fingerprint density at radius 1 is 0.550 bits per heavy atom. The molecule has 0 spiro atoms. The molecular weight excluding hydrogens is 1300 g/mol. The van der Waals surface area contributed by atoms with Gasteiger partial charge in [0, 0.05) is 13.0 Å². The number of carbonyl (C=O) groups excluding carboxylic acids is 15. The molecule has 1 aliphatic rings. The maximum absolute atomic E-state index is 16.4. The number of amides is 9. The molecule has 0 saturated carbocycles. The van der Waals surface area contributed by atoms with Crippen LogP contribution in [0.1, 0.15) is 82.8 Å². The van der Waals surface area contributed by atoms with Gasteiger partial charge in [-0.05, 0) is 142 Å². The fourth-order valence-electron chi connectivity index (χ4n) is 11.6. The second-order valence-electron chi connectivity index (χ2n) is 24.5. The quantitative estimate of drug-likeness (QED) is 0.0166. The standard InChI is InChI=1S/C66H103N17O17/c1-40(2)29-47(81-62(97)48(31-41-17-10-9-11-18-41)79-55(90)37-75-53(88)36-76-60(95)44(69)30-42-22-24-43(84)25-23-42)61(96)77-39-56(91)82-28-16-21-49(82)63(98)80-46(20-13-15-27-68)58(93)65(50(85)32-70-3,51(86)33-71-4)83(57(92)38-74-7)66(64(99)100-8,52(87)34-72-5)59(94)45(19-12-14-26-67)78-54(89)35-73-6/h9-11,17-18,22-25,40,44-49,70-74,84H,12-16,19-21,26-39,67-69H2,1-8H3,(H,75,88)(H,76,95)(H,77,96)(H,78,89)(H,79,90)(H,80,98)(H,81,97)/t44-,45-,46-,47-,48-,49-,66+/m0/s1. The molecule has 0 aromatic heterocycles. The van der Waals surface area contributed by atoms with Gasteiger partial charge >= 0.3 is 5.97 Å². The minimum atomic E-state index is -3.77. The molecule has 0 aliphatic carbocycles. The summed E-state index contributed by atoms with van der Waals surface area (Å²) < 4.78 is 5.23. The molecule has 0 bridgehead atoms. The molecular formula is C66H103N17O17. The minimum absolute atomic E-state index is 0.0146. The number of rotatable bonds is 48. The summed E-state index contributed by atoms with van der Waals surface area (Å²) in [5.41, 5.74) is 11.5. The van der Waals surface area contributed by atoms with E-state index in [0.717, 1.165) is 12.0 Å². The number of methoxy groups -OCH3 is 1. The van der Waals surface area contributed by atoms with Crippen LogP contribution < -0.4 is 81.0 Å². The average molecular weight is 1410 g/mol. The normalized spacial score (nSPS) is 14.9. The highest BCUT2D eigenvalue weighted by molar-refractivity contribution is 6.38. The molecule has 19 N–H and O–H groups in total. The van der Waals surface area contributed by atoms with Crippen molar-refractivity contribution in [3.63, 3.8) is 0 Å². The number of carbonyl (C=O) groups is 15. The van der Waals surface area contributed by atoms with Crippen LogP contribution >= 0.6 is 0 Å². The van der Waals surface area contributed by atoms with Crippen molar-refractivity contribution in [2.75, 3.05) is 114 Å². The number of hydrogen-bond donors (Lipinski definition) is 16. The molecule has 34 nitrogen and oxygen atoms in total. The largest absolute Gasteiger partial charge is 0.508 e. The zero-order chi connectivity index (χ0) is 74.7. The van der Waals surface area contributed by atoms with Gasteiger partial charge in [-0.25, -0.2) is 4.79 Å². The molecule has 3 rings (SSSR count). The second kappa shape index (κ2) is 43.5. The number of likely N-dealkylation sites (N-methyl/N-ethyl adjacent to an activating group) is 5. The van der Waals surface area contributed by atoms with E-state index in [1.54, 1.807) is 56.3 Å². The van der Waals surface area contributed by atoms with Crippen molar-refractivity contribution in [3.8, 4) is 5.75 Å². The smallest absolute Gasteiger partial charge is 0.347 e. The Morgan fingerprint density at radius 3 is 1.59 bits per heavy atom. The first-order chi connectivity index (χ1) is 47.6. The highest BCUT2D eigenvalue weighted by Gasteiger charge is 2.72. The van der Waals surface area contributed by atoms with Gasteiger partial charge in [0.2, 0.25) is 58.7 Å². The number of hydrogen-bond acceptors (Lipinski definition) is 25. The Labute approximate surface area is 582 Å². The summed E-state index contributed by atoms with van der Waals surface area (Å²) in [5, 5.41) is 40.1. The summed E-state index contributed by atoms with van der Waals surface area (Å²) in [6.07, 6.45) is -0.181. The lowest BCUT2D eigenvalue weighted by molar-refractivity contribution is -0.182. The number of ether oxygens (including phenoxy) is 1. The maximum Gasteiger partial charge on any atom is 0.347 e. The van der Waals surface area contributed by atoms with Crippen LogP contribution in [0.3, 0.4) is 0 Å². The van der Waals surface area contributed by atoms with Gasteiger partial charge in [0.1, 0.15) is 23.9 Å². The van der Waals surface area contributed by atoms with Crippen molar-refractivity contribution in [2.24, 2.45) is 23.1 Å². The number of benzene rings is 2. The Bertz CT molecular complexity index is 3120. The van der Waals surface area contributed by atoms with Crippen molar-refractivity contribution in [1.29, 1.82) is 0 Å². The third kappa shape index (κ3) is 24.1. The van der Waals surface area contributed by atoms with Gasteiger partial charge in [-0.3, -0.25) is 72.0 Å². The van der Waals surface area contributed by atoms with Gasteiger partial charge in [-0.15, -0.1) is 0 Å². The highest BCUT2D eigenvalue weighted by Crippen LogP contribution is 2.36. The van der Waals surface area contributed by atoms with Crippen molar-refractivity contribution in [3.05, 3.63) is 65.7 Å². The van der Waals surface area contributed by atoms with Gasteiger partial charge in [0.15, 0.2) is 28.9 Å². The van der Waals surface area contributed by atoms with Crippen LogP contribution in [-0.2, 0) is 89.5 Å². The number of aromatic hydroxyl groups is 1. The SMILES string of the molecule is CNCC(=O)N[C@@H](CCCCN)C(=O)[C@](C(=O)CNC)(C(=O)OC)N(C(=O)CNC)C(C(=O)CNC)(C(=O)CNC)C(=O)[C@H](CCCCN)NC(=O)[C@@H]1CCCN1C(=O)CNC(=O)[C@H](CC(C)C)NC(=O)[C@H](Cc1ccccc1)NC(=O)CNC(=O)CNC(=O)[C@@H](N)Cc1ccc(O)cc1. The maximum atomic E-state index is 16.4. The summed E-state index contributed by atoms with van der Waals surface area (Å²) in [6, 6.07) is 5.55. The first kappa shape index (κ1) is 85.2. The molecule has 9 amide bonds. The van der Waals surface area contributed by atoms with Gasteiger partial charge < -0.3 is 95.7 Å². The molecule has 554 valence electrons. The minimum Gasteiger partial charge on any atom is -0.508 e. The van der Waals surface area contributed by atoms with E-state index in [2.05, 4.69) is 63.8 Å². The van der Waals surface area contributed by atoms with Crippen LogP contribution in [0.25, 0.3) is 0 Å². The van der Waals surface area contributed by atoms with Crippen LogP contribution in [0.2, 0.25) is 0 Å². The molecule has 1 heterocycles. The van der Waals surface area contributed by atoms with E-state index in [4.69, 9.17) is 21.9 Å². The zero-order valence-corrected chi connectivity index (χ0v) is 58.4. The molecule has 100 heavy (non-hydrogen) atoms. The zero-order valence-electron chi connectivity index (χ0n) is 58.4. The van der Waals surface area contributed by atoms with E-state index in [0.29, 0.717) is 11.1 Å². The Morgan fingerprint density at radius 2 is 1.05 bits per heavy atom. The monoisotopic (exact) mass is 1410 g/mol. The van der Waals surface area contributed by atoms with Crippen molar-refractivity contribution in [1.82, 2.24) is 73.6 Å². The van der Waals surface area contributed by atoms with Crippen LogP contribution in [0.5, 0.6) is 5.75 Å². The third-order valence-corrected chi connectivity index (χ3v) is 16.3. The van der Waals surface area contributed by atoms with E-state index < -0.39 is 194 Å². The topological polar surface area (TPSA) is 514 Å². The van der Waals surface area contributed by atoms with Crippen molar-refractivity contribution < 1.29 is 81.8 Å². The molecule has 1 fully saturated rings. The molecule has 1 aliphatic heterocycles. The number of Topliss-reactive ketones (excluding diaryl/α,β-unsaturated/α-hetero) is 5. The molecule has 34 heteroatoms. The number of esters is 1. The summed E-state index contributed by atoms with van der Waals surface area (Å²) in [4.78, 5) is 220. The summed E-state index contributed by atoms with van der Waals surface area (Å²) in [7, 11) is 7.14. The van der Waals surface area contributed by atoms with Gasteiger partial charge in [-0.2, -0.15) is 0 Å². The predicted molar refractivity (Wildman–Crippen MR) is 366 cm³/mol. The number of phenols is 1. The average Bonchev–Trinajstić information content (AvgIpc) is 0.732. The number of unbranched alkanes of at least 4 members (excludes halogenated alkanes) is 2. The molecule has 7 atom stereocenters. The number of likely N-dealkylation sites (tertiary alicyclic amines) is 1. The Balaban J connectivity index is 2.08. The third-order valence-electron chi connectivity index (χ3n) is 16.3. The fourth-order valence-corrected chi connectivity index (χ4v) is 11.6. The summed E-state index contributed by atoms with van der Waals surface area (Å²) in [6.45, 7) is -2.64. The first-order valence-electron chi connectivity index (χ1n) is 33.3. The van der Waals surface area contributed by atoms with Gasteiger partial charge in [0.25, 0.3) is 5.54 Å². The van der Waals surface area contributed by atoms with E-state index >= 15 is 38.4 Å². The number of nitrogens with two attached hydrogens (primary N) is 3.